The number of aliphatic imine (C=N–C) groups is 1. The van der Waals surface area contributed by atoms with Crippen LogP contribution in [0.4, 0.5) is 0 Å². The Morgan fingerprint density at radius 2 is 1.40 bits per heavy atom. The van der Waals surface area contributed by atoms with Gasteiger partial charge in [-0.15, -0.1) is 0 Å². The molecular weight excluding hydrogens is 631 g/mol. The number of allylic oxidation sites excluding steroid dienone is 3. The first-order valence-corrected chi connectivity index (χ1v) is 18.0. The Bertz CT molecular complexity index is 2460. The zero-order chi connectivity index (χ0) is 36.0. The van der Waals surface area contributed by atoms with Crippen molar-refractivity contribution in [3.05, 3.63) is 193 Å². The summed E-state index contributed by atoms with van der Waals surface area (Å²) in [7, 11) is 0. The fourth-order valence-corrected chi connectivity index (χ4v) is 7.06. The zero-order valence-electron chi connectivity index (χ0n) is 30.1. The van der Waals surface area contributed by atoms with Gasteiger partial charge < -0.3 is 0 Å². The van der Waals surface area contributed by atoms with Crippen LogP contribution in [-0.4, -0.2) is 16.5 Å². The molecular formula is C49H43N3. The van der Waals surface area contributed by atoms with Crippen LogP contribution in [0.5, 0.6) is 0 Å². The van der Waals surface area contributed by atoms with E-state index in [2.05, 4.69) is 148 Å². The highest BCUT2D eigenvalue weighted by Crippen LogP contribution is 2.38. The van der Waals surface area contributed by atoms with Crippen LogP contribution >= 0.6 is 0 Å². The second-order valence-electron chi connectivity index (χ2n) is 13.7. The van der Waals surface area contributed by atoms with Crippen molar-refractivity contribution in [3.8, 4) is 22.3 Å². The van der Waals surface area contributed by atoms with Gasteiger partial charge in [0, 0.05) is 29.4 Å². The topological polar surface area (TPSA) is 49.1 Å². The summed E-state index contributed by atoms with van der Waals surface area (Å²) < 4.78 is 0. The molecule has 2 atom stereocenters. The van der Waals surface area contributed by atoms with Crippen LogP contribution in [0.1, 0.15) is 42.5 Å². The number of benzene rings is 6. The quantitative estimate of drug-likeness (QED) is 0.0668. The van der Waals surface area contributed by atoms with E-state index in [9.17, 15) is 0 Å². The van der Waals surface area contributed by atoms with Gasteiger partial charge in [-0.3, -0.25) is 10.4 Å². The number of fused-ring (bicyclic) bond motifs is 3. The number of nitrogens with zero attached hydrogens (tertiary/aromatic N) is 2. The van der Waals surface area contributed by atoms with E-state index in [0.717, 1.165) is 51.1 Å². The van der Waals surface area contributed by atoms with Crippen LogP contribution < -0.4 is 0 Å². The Morgan fingerprint density at radius 3 is 2.17 bits per heavy atom. The van der Waals surface area contributed by atoms with Crippen molar-refractivity contribution in [3.63, 3.8) is 0 Å². The molecule has 2 unspecified atom stereocenters. The summed E-state index contributed by atoms with van der Waals surface area (Å²) >= 11 is 0. The normalized spacial score (nSPS) is 13.0. The SMILES string of the molecule is C=C(/C=C\CC(C)C(C)C(=NC(=N)c1ccccc1)c1cc(-c2cccnc2)cc(-c2cc3ccccc3c3ccccc23)c1)c1ccccc1C. The molecule has 0 fully saturated rings. The molecule has 0 aliphatic carbocycles. The minimum absolute atomic E-state index is 0.0331. The zero-order valence-corrected chi connectivity index (χ0v) is 30.1. The average Bonchev–Trinajstić information content (AvgIpc) is 3.19. The molecule has 0 saturated carbocycles. The predicted molar refractivity (Wildman–Crippen MR) is 222 cm³/mol. The van der Waals surface area contributed by atoms with Crippen LogP contribution in [0, 0.1) is 24.2 Å². The monoisotopic (exact) mass is 673 g/mol. The molecule has 0 aliphatic heterocycles. The molecule has 6 aromatic carbocycles. The van der Waals surface area contributed by atoms with Crippen LogP contribution in [0.3, 0.4) is 0 Å². The van der Waals surface area contributed by atoms with Crippen molar-refractivity contribution in [1.29, 1.82) is 5.41 Å². The van der Waals surface area contributed by atoms with E-state index >= 15 is 0 Å². The molecule has 3 nitrogen and oxygen atoms in total. The summed E-state index contributed by atoms with van der Waals surface area (Å²) in [6.45, 7) is 11.0. The molecule has 1 heterocycles. The van der Waals surface area contributed by atoms with Crippen LogP contribution in [-0.2, 0) is 0 Å². The van der Waals surface area contributed by atoms with Crippen LogP contribution in [0.15, 0.2) is 176 Å². The van der Waals surface area contributed by atoms with Crippen molar-refractivity contribution >= 4 is 38.7 Å². The number of pyridine rings is 1. The number of hydrogen-bond donors (Lipinski definition) is 1. The number of aromatic nitrogens is 1. The number of rotatable bonds is 10. The van der Waals surface area contributed by atoms with E-state index in [1.54, 1.807) is 0 Å². The number of nitrogens with one attached hydrogen (secondary N) is 1. The first-order valence-electron chi connectivity index (χ1n) is 18.0. The maximum atomic E-state index is 9.16. The van der Waals surface area contributed by atoms with Gasteiger partial charge in [0.15, 0.2) is 5.84 Å². The van der Waals surface area contributed by atoms with E-state index < -0.39 is 0 Å². The number of amidine groups is 1. The molecule has 0 spiro atoms. The second-order valence-corrected chi connectivity index (χ2v) is 13.7. The Balaban J connectivity index is 1.36. The Labute approximate surface area is 307 Å². The molecule has 7 rings (SSSR count). The Morgan fingerprint density at radius 1 is 0.712 bits per heavy atom. The van der Waals surface area contributed by atoms with Gasteiger partial charge in [0.25, 0.3) is 0 Å². The Hall–Kier alpha value is -6.19. The van der Waals surface area contributed by atoms with Crippen molar-refractivity contribution in [1.82, 2.24) is 4.98 Å². The van der Waals surface area contributed by atoms with E-state index in [1.165, 1.54) is 32.7 Å². The molecule has 0 saturated heterocycles. The molecule has 52 heavy (non-hydrogen) atoms. The van der Waals surface area contributed by atoms with Crippen LogP contribution in [0.25, 0.3) is 49.4 Å². The summed E-state index contributed by atoms with van der Waals surface area (Å²) in [6.07, 6.45) is 8.94. The molecule has 3 heteroatoms. The van der Waals surface area contributed by atoms with E-state index in [4.69, 9.17) is 10.4 Å². The lowest BCUT2D eigenvalue weighted by molar-refractivity contribution is 0.491. The van der Waals surface area contributed by atoms with Gasteiger partial charge in [0.2, 0.25) is 0 Å². The van der Waals surface area contributed by atoms with Crippen LogP contribution in [0.2, 0.25) is 0 Å². The molecule has 254 valence electrons. The highest BCUT2D eigenvalue weighted by atomic mass is 14.8. The van der Waals surface area contributed by atoms with Gasteiger partial charge in [0.05, 0.1) is 5.71 Å². The molecule has 1 aromatic heterocycles. The van der Waals surface area contributed by atoms with Crippen molar-refractivity contribution < 1.29 is 0 Å². The summed E-state index contributed by atoms with van der Waals surface area (Å²) in [4.78, 5) is 9.64. The summed E-state index contributed by atoms with van der Waals surface area (Å²) in [5.41, 5.74) is 10.4. The molecule has 0 aliphatic rings. The lowest BCUT2D eigenvalue weighted by atomic mass is 9.83. The highest BCUT2D eigenvalue weighted by Gasteiger charge is 2.22. The number of aryl methyl sites for hydroxylation is 1. The lowest BCUT2D eigenvalue weighted by Gasteiger charge is -2.23. The standard InChI is InChI=1S/C49H43N3/c1-33(17-14-18-35(3)43-23-10-8-16-34(43)2)36(4)48(52-49(50)37-19-6-5-7-20-37)42-29-40(39-22-15-27-51-32-39)28-41(30-42)47-31-38-21-9-11-24-44(38)45-25-12-13-26-46(45)47/h5-16,18-33,36,50H,3,17H2,1-2,4H3/b18-14-,50-49?,52-48?. The third-order valence-electron chi connectivity index (χ3n) is 10.2. The largest absolute Gasteiger partial charge is 0.282 e. The first-order chi connectivity index (χ1) is 25.4. The van der Waals surface area contributed by atoms with Gasteiger partial charge in [-0.2, -0.15) is 0 Å². The van der Waals surface area contributed by atoms with Crippen molar-refractivity contribution in [2.75, 3.05) is 0 Å². The third-order valence-corrected chi connectivity index (χ3v) is 10.2. The van der Waals surface area contributed by atoms with Gasteiger partial charge in [-0.25, -0.2) is 4.99 Å². The fraction of sp³-hybridized carbons (Fsp3) is 0.122. The van der Waals surface area contributed by atoms with Gasteiger partial charge >= 0.3 is 0 Å². The van der Waals surface area contributed by atoms with E-state index in [-0.39, 0.29) is 17.7 Å². The third kappa shape index (κ3) is 7.31. The smallest absolute Gasteiger partial charge is 0.152 e. The van der Waals surface area contributed by atoms with Crippen molar-refractivity contribution in [2.24, 2.45) is 16.8 Å². The summed E-state index contributed by atoms with van der Waals surface area (Å²) in [6, 6.07) is 48.6. The lowest BCUT2D eigenvalue weighted by Crippen LogP contribution is -2.22. The van der Waals surface area contributed by atoms with Gasteiger partial charge in [-0.1, -0.05) is 142 Å². The fourth-order valence-electron chi connectivity index (χ4n) is 7.06. The molecule has 1 N–H and O–H groups in total. The molecule has 0 radical (unpaired) electrons. The predicted octanol–water partition coefficient (Wildman–Crippen LogP) is 12.8. The van der Waals surface area contributed by atoms with Gasteiger partial charge in [0.1, 0.15) is 0 Å². The molecule has 0 amide bonds. The van der Waals surface area contributed by atoms with E-state index in [0.29, 0.717) is 0 Å². The minimum atomic E-state index is 0.0331. The van der Waals surface area contributed by atoms with Gasteiger partial charge in [-0.05, 0) is 110 Å². The Kier molecular flexibility index (Phi) is 10.1. The summed E-state index contributed by atoms with van der Waals surface area (Å²) in [5, 5.41) is 14.0. The number of hydrogen-bond acceptors (Lipinski definition) is 2. The first kappa shape index (κ1) is 34.3. The summed E-state index contributed by atoms with van der Waals surface area (Å²) in [5.74, 6) is 0.517. The molecule has 0 bridgehead atoms. The average molecular weight is 674 g/mol. The second kappa shape index (κ2) is 15.4. The minimum Gasteiger partial charge on any atom is -0.282 e. The maximum Gasteiger partial charge on any atom is 0.152 e. The van der Waals surface area contributed by atoms with E-state index in [1.807, 2.05) is 48.8 Å². The highest BCUT2D eigenvalue weighted by molar-refractivity contribution is 6.16. The molecule has 7 aromatic rings. The van der Waals surface area contributed by atoms with Crippen molar-refractivity contribution in [2.45, 2.75) is 27.2 Å². The maximum absolute atomic E-state index is 9.16.